The molecule has 0 bridgehead atoms. The lowest BCUT2D eigenvalue weighted by Gasteiger charge is -2.18. The second-order valence-corrected chi connectivity index (χ2v) is 8.49. The Morgan fingerprint density at radius 2 is 1.82 bits per heavy atom. The van der Waals surface area contributed by atoms with Crippen molar-refractivity contribution in [3.63, 3.8) is 0 Å². The summed E-state index contributed by atoms with van der Waals surface area (Å²) in [4.78, 5) is 28.1. The molecule has 1 heterocycles. The number of ether oxygens (including phenoxy) is 1. The van der Waals surface area contributed by atoms with Gasteiger partial charge in [-0.1, -0.05) is 41.9 Å². The molecule has 5 nitrogen and oxygen atoms in total. The number of carbonyl (C=O) groups is 2. The molecule has 1 fully saturated rings. The molecule has 2 amide bonds. The molecule has 0 radical (unpaired) electrons. The number of likely N-dealkylation sites (tertiary alicyclic amines) is 1. The number of hydrogen-bond acceptors (Lipinski definition) is 3. The van der Waals surface area contributed by atoms with Crippen molar-refractivity contribution in [3.8, 4) is 5.75 Å². The van der Waals surface area contributed by atoms with E-state index in [-0.39, 0.29) is 36.6 Å². The highest BCUT2D eigenvalue weighted by atomic mass is 35.5. The quantitative estimate of drug-likeness (QED) is 0.574. The summed E-state index contributed by atoms with van der Waals surface area (Å²) in [7, 11) is 1.59. The van der Waals surface area contributed by atoms with Crippen LogP contribution in [0.5, 0.6) is 5.75 Å². The van der Waals surface area contributed by atoms with Crippen molar-refractivity contribution in [2.45, 2.75) is 12.5 Å². The van der Waals surface area contributed by atoms with E-state index in [1.54, 1.807) is 48.4 Å². The molecule has 0 saturated carbocycles. The lowest BCUT2D eigenvalue weighted by Crippen LogP contribution is -2.35. The van der Waals surface area contributed by atoms with Gasteiger partial charge in [-0.25, -0.2) is 4.39 Å². The molecule has 1 N–H and O–H groups in total. The minimum Gasteiger partial charge on any atom is -0.497 e. The Bertz CT molecular complexity index is 1150. The second-order valence-electron chi connectivity index (χ2n) is 8.05. The standard InChI is InChI=1S/C26H24ClFN2O3/c1-33-22-7-3-4-18(13-22)23-15-30(26(32)19-5-2-6-20(27)12-19)16-24(23)25(31)29-14-17-8-10-21(28)11-9-17/h2-13,23-24H,14-16H2,1H3,(H,29,31)/t23-,24+/m1/s1. The van der Waals surface area contributed by atoms with E-state index in [0.29, 0.717) is 22.9 Å². The average molecular weight is 467 g/mol. The molecule has 0 aromatic heterocycles. The summed E-state index contributed by atoms with van der Waals surface area (Å²) in [6.45, 7) is 0.957. The lowest BCUT2D eigenvalue weighted by molar-refractivity contribution is -0.125. The normalized spacial score (nSPS) is 17.6. The Kier molecular flexibility index (Phi) is 6.94. The van der Waals surface area contributed by atoms with Crippen LogP contribution in [-0.4, -0.2) is 36.9 Å². The van der Waals surface area contributed by atoms with Crippen molar-refractivity contribution in [1.82, 2.24) is 10.2 Å². The number of amides is 2. The third kappa shape index (κ3) is 5.34. The van der Waals surface area contributed by atoms with Gasteiger partial charge in [0.15, 0.2) is 0 Å². The Balaban J connectivity index is 1.56. The van der Waals surface area contributed by atoms with Crippen LogP contribution in [0.1, 0.15) is 27.4 Å². The third-order valence-electron chi connectivity index (χ3n) is 5.92. The summed E-state index contributed by atoms with van der Waals surface area (Å²) in [5.74, 6) is -0.600. The van der Waals surface area contributed by atoms with E-state index in [2.05, 4.69) is 5.32 Å². The first kappa shape index (κ1) is 22.8. The SMILES string of the molecule is COc1cccc([C@H]2CN(C(=O)c3cccc(Cl)c3)C[C@@H]2C(=O)NCc2ccc(F)cc2)c1. The number of nitrogens with one attached hydrogen (secondary N) is 1. The van der Waals surface area contributed by atoms with Gasteiger partial charge >= 0.3 is 0 Å². The second kappa shape index (κ2) is 10.0. The molecule has 4 rings (SSSR count). The summed E-state index contributed by atoms with van der Waals surface area (Å²) < 4.78 is 18.5. The maximum absolute atomic E-state index is 13.2. The third-order valence-corrected chi connectivity index (χ3v) is 6.15. The van der Waals surface area contributed by atoms with Gasteiger partial charge in [-0.15, -0.1) is 0 Å². The van der Waals surface area contributed by atoms with Crippen LogP contribution in [0.15, 0.2) is 72.8 Å². The molecule has 2 atom stereocenters. The summed E-state index contributed by atoms with van der Waals surface area (Å²) >= 11 is 6.07. The van der Waals surface area contributed by atoms with E-state index in [1.807, 2.05) is 24.3 Å². The van der Waals surface area contributed by atoms with Crippen LogP contribution in [0.3, 0.4) is 0 Å². The Morgan fingerprint density at radius 3 is 2.55 bits per heavy atom. The molecule has 7 heteroatoms. The summed E-state index contributed by atoms with van der Waals surface area (Å²) in [5.41, 5.74) is 2.21. The van der Waals surface area contributed by atoms with Crippen LogP contribution in [-0.2, 0) is 11.3 Å². The molecular formula is C26H24ClFN2O3. The fraction of sp³-hybridized carbons (Fsp3) is 0.231. The van der Waals surface area contributed by atoms with Crippen LogP contribution in [0.25, 0.3) is 0 Å². The van der Waals surface area contributed by atoms with Crippen LogP contribution >= 0.6 is 11.6 Å². The first-order valence-electron chi connectivity index (χ1n) is 10.7. The van der Waals surface area contributed by atoms with Crippen LogP contribution < -0.4 is 10.1 Å². The minimum absolute atomic E-state index is 0.159. The average Bonchev–Trinajstić information content (AvgIpc) is 3.29. The minimum atomic E-state index is -0.444. The first-order chi connectivity index (χ1) is 15.9. The van der Waals surface area contributed by atoms with Crippen molar-refractivity contribution in [2.75, 3.05) is 20.2 Å². The smallest absolute Gasteiger partial charge is 0.253 e. The molecule has 3 aromatic rings. The van der Waals surface area contributed by atoms with Gasteiger partial charge in [0.1, 0.15) is 11.6 Å². The predicted octanol–water partition coefficient (Wildman–Crippen LogP) is 4.66. The predicted molar refractivity (Wildman–Crippen MR) is 125 cm³/mol. The van der Waals surface area contributed by atoms with Gasteiger partial charge < -0.3 is 15.0 Å². The van der Waals surface area contributed by atoms with Crippen molar-refractivity contribution >= 4 is 23.4 Å². The van der Waals surface area contributed by atoms with Gasteiger partial charge in [-0.05, 0) is 53.6 Å². The van der Waals surface area contributed by atoms with Gasteiger partial charge in [0, 0.05) is 36.1 Å². The molecule has 0 spiro atoms. The van der Waals surface area contributed by atoms with Crippen molar-refractivity contribution in [3.05, 3.63) is 100 Å². The van der Waals surface area contributed by atoms with Gasteiger partial charge in [0.25, 0.3) is 5.91 Å². The Morgan fingerprint density at radius 1 is 1.06 bits per heavy atom. The fourth-order valence-corrected chi connectivity index (χ4v) is 4.36. The molecule has 3 aromatic carbocycles. The monoisotopic (exact) mass is 466 g/mol. The van der Waals surface area contributed by atoms with E-state index in [9.17, 15) is 14.0 Å². The van der Waals surface area contributed by atoms with Crippen LogP contribution in [0.2, 0.25) is 5.02 Å². The van der Waals surface area contributed by atoms with E-state index in [1.165, 1.54) is 12.1 Å². The van der Waals surface area contributed by atoms with Gasteiger partial charge in [-0.3, -0.25) is 9.59 Å². The van der Waals surface area contributed by atoms with Crippen LogP contribution in [0, 0.1) is 11.7 Å². The maximum atomic E-state index is 13.2. The van der Waals surface area contributed by atoms with Crippen molar-refractivity contribution < 1.29 is 18.7 Å². The number of benzene rings is 3. The molecule has 170 valence electrons. The highest BCUT2D eigenvalue weighted by Crippen LogP contribution is 2.35. The molecule has 0 aliphatic carbocycles. The van der Waals surface area contributed by atoms with Crippen molar-refractivity contribution in [2.24, 2.45) is 5.92 Å². The summed E-state index contributed by atoms with van der Waals surface area (Å²) in [5, 5.41) is 3.43. The van der Waals surface area contributed by atoms with Crippen molar-refractivity contribution in [1.29, 1.82) is 0 Å². The van der Waals surface area contributed by atoms with E-state index < -0.39 is 5.92 Å². The molecule has 0 unspecified atom stereocenters. The van der Waals surface area contributed by atoms with Gasteiger partial charge in [-0.2, -0.15) is 0 Å². The number of halogens is 2. The summed E-state index contributed by atoms with van der Waals surface area (Å²) in [6, 6.07) is 20.4. The van der Waals surface area contributed by atoms with Gasteiger partial charge in [0.2, 0.25) is 5.91 Å². The zero-order chi connectivity index (χ0) is 23.4. The Labute approximate surface area is 197 Å². The van der Waals surface area contributed by atoms with E-state index in [0.717, 1.165) is 11.1 Å². The number of nitrogens with zero attached hydrogens (tertiary/aromatic N) is 1. The number of carbonyl (C=O) groups excluding carboxylic acids is 2. The molecule has 1 aliphatic heterocycles. The van der Waals surface area contributed by atoms with Gasteiger partial charge in [0.05, 0.1) is 13.0 Å². The molecular weight excluding hydrogens is 443 g/mol. The van der Waals surface area contributed by atoms with Crippen LogP contribution in [0.4, 0.5) is 4.39 Å². The number of hydrogen-bond donors (Lipinski definition) is 1. The molecule has 1 aliphatic rings. The highest BCUT2D eigenvalue weighted by molar-refractivity contribution is 6.30. The zero-order valence-corrected chi connectivity index (χ0v) is 18.9. The summed E-state index contributed by atoms with van der Waals surface area (Å²) in [6.07, 6.45) is 0. The number of rotatable bonds is 6. The van der Waals surface area contributed by atoms with E-state index in [4.69, 9.17) is 16.3 Å². The van der Waals surface area contributed by atoms with E-state index >= 15 is 0 Å². The topological polar surface area (TPSA) is 58.6 Å². The Hall–Kier alpha value is -3.38. The number of methoxy groups -OCH3 is 1. The molecule has 1 saturated heterocycles. The maximum Gasteiger partial charge on any atom is 0.253 e. The first-order valence-corrected chi connectivity index (χ1v) is 11.0. The zero-order valence-electron chi connectivity index (χ0n) is 18.1. The molecule has 33 heavy (non-hydrogen) atoms. The largest absolute Gasteiger partial charge is 0.497 e. The fourth-order valence-electron chi connectivity index (χ4n) is 4.17. The highest BCUT2D eigenvalue weighted by Gasteiger charge is 2.40. The lowest BCUT2D eigenvalue weighted by atomic mass is 9.88.